The van der Waals surface area contributed by atoms with E-state index in [0.29, 0.717) is 0 Å². The fourth-order valence-corrected chi connectivity index (χ4v) is 3.44. The molecule has 3 nitrogen and oxygen atoms in total. The smallest absolute Gasteiger partial charge is 0.304 e. The zero-order chi connectivity index (χ0) is 14.5. The molecule has 0 atom stereocenters. The average molecular weight is 310 g/mol. The van der Waals surface area contributed by atoms with Gasteiger partial charge in [-0.05, 0) is 32.2 Å². The van der Waals surface area contributed by atoms with Crippen molar-refractivity contribution in [2.24, 2.45) is 0 Å². The molecule has 0 amide bonds. The van der Waals surface area contributed by atoms with Crippen LogP contribution < -0.4 is 0 Å². The molecule has 1 rings (SSSR count). The van der Waals surface area contributed by atoms with Crippen molar-refractivity contribution < 1.29 is 22.4 Å². The van der Waals surface area contributed by atoms with Crippen LogP contribution in [0.4, 0.5) is 8.78 Å². The quantitative estimate of drug-likeness (QED) is 0.539. The standard InChI is InChI=1S/C12H17F2O3PS/c1-4-16-18(15,17-5-2)12(13,14)10-6-8-11(19-3)9-7-10/h6-9H,4-5H2,1-3H3. The largest absolute Gasteiger partial charge is 0.404 e. The van der Waals surface area contributed by atoms with Crippen molar-refractivity contribution in [2.75, 3.05) is 19.5 Å². The van der Waals surface area contributed by atoms with E-state index in [-0.39, 0.29) is 18.8 Å². The minimum absolute atomic E-state index is 0.101. The van der Waals surface area contributed by atoms with E-state index in [9.17, 15) is 13.3 Å². The lowest BCUT2D eigenvalue weighted by Gasteiger charge is -2.26. The summed E-state index contributed by atoms with van der Waals surface area (Å²) >= 11 is 1.44. The van der Waals surface area contributed by atoms with Crippen molar-refractivity contribution in [3.63, 3.8) is 0 Å². The summed E-state index contributed by atoms with van der Waals surface area (Å²) in [5.41, 5.74) is -4.02. The first-order valence-electron chi connectivity index (χ1n) is 5.82. The van der Waals surface area contributed by atoms with Crippen LogP contribution in [0.2, 0.25) is 0 Å². The Balaban J connectivity index is 3.14. The topological polar surface area (TPSA) is 35.5 Å². The third-order valence-electron chi connectivity index (χ3n) is 2.38. The van der Waals surface area contributed by atoms with E-state index in [1.807, 2.05) is 6.26 Å². The summed E-state index contributed by atoms with van der Waals surface area (Å²) in [7, 11) is -4.51. The molecule has 0 fully saturated rings. The highest BCUT2D eigenvalue weighted by molar-refractivity contribution is 7.98. The van der Waals surface area contributed by atoms with E-state index < -0.39 is 13.3 Å². The predicted molar refractivity (Wildman–Crippen MR) is 73.0 cm³/mol. The molecule has 0 heterocycles. The van der Waals surface area contributed by atoms with Crippen LogP contribution >= 0.6 is 19.4 Å². The second-order valence-corrected chi connectivity index (χ2v) is 6.56. The maximum atomic E-state index is 14.3. The number of hydrogen-bond acceptors (Lipinski definition) is 4. The predicted octanol–water partition coefficient (Wildman–Crippen LogP) is 4.72. The van der Waals surface area contributed by atoms with Gasteiger partial charge in [0.2, 0.25) is 0 Å². The normalized spacial score (nSPS) is 12.7. The number of halogens is 2. The molecule has 0 radical (unpaired) electrons. The molecule has 1 aromatic carbocycles. The van der Waals surface area contributed by atoms with Gasteiger partial charge in [0.1, 0.15) is 0 Å². The van der Waals surface area contributed by atoms with Gasteiger partial charge >= 0.3 is 13.3 Å². The Labute approximate surface area is 116 Å². The van der Waals surface area contributed by atoms with Crippen molar-refractivity contribution in [1.82, 2.24) is 0 Å². The minimum atomic E-state index is -4.51. The van der Waals surface area contributed by atoms with Crippen LogP contribution in [-0.4, -0.2) is 19.5 Å². The number of alkyl halides is 2. The van der Waals surface area contributed by atoms with Crippen LogP contribution in [0.5, 0.6) is 0 Å². The van der Waals surface area contributed by atoms with Crippen LogP contribution in [0, 0.1) is 0 Å². The SMILES string of the molecule is CCOP(=O)(OCC)C(F)(F)c1ccc(SC)cc1. The van der Waals surface area contributed by atoms with Crippen LogP contribution in [-0.2, 0) is 19.3 Å². The summed E-state index contributed by atoms with van der Waals surface area (Å²) in [5.74, 6) is 0. The molecule has 0 saturated heterocycles. The third-order valence-corrected chi connectivity index (χ3v) is 5.27. The summed E-state index contributed by atoms with van der Waals surface area (Å²) in [6.45, 7) is 2.79. The highest BCUT2D eigenvalue weighted by Crippen LogP contribution is 2.66. The first-order chi connectivity index (χ1) is 8.91. The molecule has 0 aliphatic carbocycles. The van der Waals surface area contributed by atoms with Gasteiger partial charge in [-0.3, -0.25) is 4.57 Å². The molecule has 0 bridgehead atoms. The molecule has 0 aliphatic heterocycles. The summed E-state index contributed by atoms with van der Waals surface area (Å²) < 4.78 is 50.2. The van der Waals surface area contributed by atoms with E-state index in [1.54, 1.807) is 12.1 Å². The van der Waals surface area contributed by atoms with E-state index in [4.69, 9.17) is 9.05 Å². The molecule has 0 saturated carbocycles. The molecule has 0 aliphatic rings. The van der Waals surface area contributed by atoms with Crippen LogP contribution in [0.3, 0.4) is 0 Å². The molecular weight excluding hydrogens is 293 g/mol. The van der Waals surface area contributed by atoms with Crippen LogP contribution in [0.15, 0.2) is 29.2 Å². The van der Waals surface area contributed by atoms with Gasteiger partial charge in [0.25, 0.3) is 0 Å². The monoisotopic (exact) mass is 310 g/mol. The van der Waals surface area contributed by atoms with Gasteiger partial charge in [-0.1, -0.05) is 12.1 Å². The fraction of sp³-hybridized carbons (Fsp3) is 0.500. The van der Waals surface area contributed by atoms with Crippen molar-refractivity contribution in [3.8, 4) is 0 Å². The Bertz CT molecular complexity index is 441. The number of benzene rings is 1. The molecule has 19 heavy (non-hydrogen) atoms. The molecule has 108 valence electrons. The molecule has 0 spiro atoms. The van der Waals surface area contributed by atoms with Gasteiger partial charge in [0, 0.05) is 10.5 Å². The highest BCUT2D eigenvalue weighted by Gasteiger charge is 2.54. The Kier molecular flexibility index (Phi) is 5.99. The third kappa shape index (κ3) is 3.57. The molecule has 7 heteroatoms. The van der Waals surface area contributed by atoms with Crippen molar-refractivity contribution in [1.29, 1.82) is 0 Å². The van der Waals surface area contributed by atoms with Crippen LogP contribution in [0.1, 0.15) is 19.4 Å². The summed E-state index contributed by atoms with van der Waals surface area (Å²) in [5, 5.41) is 0. The number of hydrogen-bond donors (Lipinski definition) is 0. The molecule has 0 aromatic heterocycles. The van der Waals surface area contributed by atoms with Gasteiger partial charge in [0.05, 0.1) is 13.2 Å². The van der Waals surface area contributed by atoms with Gasteiger partial charge in [0.15, 0.2) is 0 Å². The summed E-state index contributed by atoms with van der Waals surface area (Å²) in [4.78, 5) is 0.849. The van der Waals surface area contributed by atoms with Crippen molar-refractivity contribution in [3.05, 3.63) is 29.8 Å². The second-order valence-electron chi connectivity index (χ2n) is 3.60. The highest BCUT2D eigenvalue weighted by atomic mass is 32.2. The van der Waals surface area contributed by atoms with Crippen molar-refractivity contribution >= 4 is 19.4 Å². The zero-order valence-corrected chi connectivity index (χ0v) is 12.8. The fourth-order valence-electron chi connectivity index (χ4n) is 1.49. The Morgan fingerprint density at radius 1 is 1.16 bits per heavy atom. The number of rotatable bonds is 7. The lowest BCUT2D eigenvalue weighted by atomic mass is 10.2. The molecule has 1 aromatic rings. The zero-order valence-electron chi connectivity index (χ0n) is 11.1. The van der Waals surface area contributed by atoms with Crippen LogP contribution in [0.25, 0.3) is 0 Å². The van der Waals surface area contributed by atoms with E-state index in [0.717, 1.165) is 4.90 Å². The maximum Gasteiger partial charge on any atom is 0.404 e. The second kappa shape index (κ2) is 6.84. The molecule has 0 unspecified atom stereocenters. The Hall–Kier alpha value is -0.420. The minimum Gasteiger partial charge on any atom is -0.304 e. The van der Waals surface area contributed by atoms with E-state index >= 15 is 0 Å². The first kappa shape index (κ1) is 16.6. The summed E-state index contributed by atoms with van der Waals surface area (Å²) in [6, 6.07) is 5.60. The van der Waals surface area contributed by atoms with Gasteiger partial charge in [-0.2, -0.15) is 8.78 Å². The number of thioether (sulfide) groups is 1. The van der Waals surface area contributed by atoms with Gasteiger partial charge in [-0.15, -0.1) is 11.8 Å². The molecule has 0 N–H and O–H groups in total. The van der Waals surface area contributed by atoms with E-state index in [1.165, 1.54) is 37.7 Å². The van der Waals surface area contributed by atoms with Gasteiger partial charge in [-0.25, -0.2) is 0 Å². The van der Waals surface area contributed by atoms with E-state index in [2.05, 4.69) is 0 Å². The molecular formula is C12H17F2O3PS. The lowest BCUT2D eigenvalue weighted by molar-refractivity contribution is 0.0360. The maximum absolute atomic E-state index is 14.3. The Morgan fingerprint density at radius 3 is 2.00 bits per heavy atom. The summed E-state index contributed by atoms with van der Waals surface area (Å²) in [6.07, 6.45) is 1.85. The first-order valence-corrected chi connectivity index (χ1v) is 8.59. The average Bonchev–Trinajstić information content (AvgIpc) is 2.39. The van der Waals surface area contributed by atoms with Crippen molar-refractivity contribution in [2.45, 2.75) is 24.4 Å². The Morgan fingerprint density at radius 2 is 1.63 bits per heavy atom. The van der Waals surface area contributed by atoms with Gasteiger partial charge < -0.3 is 9.05 Å². The lowest BCUT2D eigenvalue weighted by Crippen LogP contribution is -2.18.